The second kappa shape index (κ2) is 10.1. The average molecular weight is 470 g/mol. The Hall–Kier alpha value is -3.26. The van der Waals surface area contributed by atoms with Crippen molar-refractivity contribution in [3.05, 3.63) is 65.7 Å². The number of nitrogens with one attached hydrogen (secondary N) is 2. The number of benzene rings is 3. The zero-order valence-corrected chi connectivity index (χ0v) is 20.5. The predicted octanol–water partition coefficient (Wildman–Crippen LogP) is 5.68. The first-order valence-electron chi connectivity index (χ1n) is 11.0. The van der Waals surface area contributed by atoms with Crippen LogP contribution in [0.2, 0.25) is 0 Å². The lowest BCUT2D eigenvalue weighted by Gasteiger charge is -2.22. The molecule has 0 bridgehead atoms. The van der Waals surface area contributed by atoms with Crippen LogP contribution in [0.4, 0.5) is 21.9 Å². The summed E-state index contributed by atoms with van der Waals surface area (Å²) in [6.07, 6.45) is 0.0171. The smallest absolute Gasteiger partial charge is 0.412 e. The number of nitrogens with zero attached hydrogens (tertiary/aromatic N) is 1. The molecule has 0 aliphatic carbocycles. The van der Waals surface area contributed by atoms with Crippen molar-refractivity contribution in [3.8, 4) is 0 Å². The van der Waals surface area contributed by atoms with Crippen LogP contribution in [-0.2, 0) is 14.8 Å². The first kappa shape index (κ1) is 24.4. The van der Waals surface area contributed by atoms with Crippen molar-refractivity contribution in [2.45, 2.75) is 33.8 Å². The van der Waals surface area contributed by atoms with Gasteiger partial charge in [0.15, 0.2) is 0 Å². The molecule has 1 amide bonds. The van der Waals surface area contributed by atoms with E-state index in [0.29, 0.717) is 11.4 Å². The molecule has 176 valence electrons. The lowest BCUT2D eigenvalue weighted by Crippen LogP contribution is -2.22. The Morgan fingerprint density at radius 3 is 2.24 bits per heavy atom. The number of fused-ring (bicyclic) bond motifs is 1. The fraction of sp³-hybridized carbons (Fsp3) is 0.320. The summed E-state index contributed by atoms with van der Waals surface area (Å²) >= 11 is 0. The van der Waals surface area contributed by atoms with Crippen molar-refractivity contribution in [2.24, 2.45) is 0 Å². The Balaban J connectivity index is 1.78. The Kier molecular flexibility index (Phi) is 7.48. The monoisotopic (exact) mass is 469 g/mol. The van der Waals surface area contributed by atoms with E-state index in [4.69, 9.17) is 4.74 Å². The van der Waals surface area contributed by atoms with Gasteiger partial charge in [-0.3, -0.25) is 10.0 Å². The van der Waals surface area contributed by atoms with Gasteiger partial charge in [0.05, 0.1) is 11.9 Å². The number of ether oxygens (including phenoxy) is 1. The van der Waals surface area contributed by atoms with E-state index < -0.39 is 22.2 Å². The quantitative estimate of drug-likeness (QED) is 0.443. The molecule has 1 atom stereocenters. The first-order chi connectivity index (χ1) is 15.6. The molecular formula is C25H31N3O4S. The van der Waals surface area contributed by atoms with E-state index in [1.165, 1.54) is 0 Å². The summed E-state index contributed by atoms with van der Waals surface area (Å²) in [6.45, 7) is 9.78. The van der Waals surface area contributed by atoms with E-state index in [9.17, 15) is 13.2 Å². The van der Waals surface area contributed by atoms with Gasteiger partial charge in [-0.2, -0.15) is 0 Å². The highest BCUT2D eigenvalue weighted by atomic mass is 32.2. The number of aryl methyl sites for hydroxylation is 1. The maximum Gasteiger partial charge on any atom is 0.412 e. The van der Waals surface area contributed by atoms with Crippen LogP contribution in [0.3, 0.4) is 0 Å². The van der Waals surface area contributed by atoms with Gasteiger partial charge in [0, 0.05) is 35.4 Å². The van der Waals surface area contributed by atoms with E-state index in [1.807, 2.05) is 49.4 Å². The molecule has 0 spiro atoms. The van der Waals surface area contributed by atoms with Crippen LogP contribution in [0.15, 0.2) is 54.6 Å². The third-order valence-corrected chi connectivity index (χ3v) is 6.14. The molecule has 33 heavy (non-hydrogen) atoms. The van der Waals surface area contributed by atoms with Crippen LogP contribution < -0.4 is 14.9 Å². The van der Waals surface area contributed by atoms with Crippen molar-refractivity contribution in [3.63, 3.8) is 0 Å². The van der Waals surface area contributed by atoms with Gasteiger partial charge in [-0.05, 0) is 62.9 Å². The molecule has 3 aromatic rings. The minimum atomic E-state index is -3.42. The number of rotatable bonds is 8. The van der Waals surface area contributed by atoms with Crippen molar-refractivity contribution in [1.82, 2.24) is 0 Å². The van der Waals surface area contributed by atoms with Gasteiger partial charge < -0.3 is 9.64 Å². The van der Waals surface area contributed by atoms with E-state index in [-0.39, 0.29) is 0 Å². The fourth-order valence-corrected chi connectivity index (χ4v) is 4.48. The summed E-state index contributed by atoms with van der Waals surface area (Å²) < 4.78 is 31.6. The van der Waals surface area contributed by atoms with Crippen molar-refractivity contribution >= 4 is 44.0 Å². The van der Waals surface area contributed by atoms with Gasteiger partial charge in [-0.1, -0.05) is 30.3 Å². The highest BCUT2D eigenvalue weighted by Gasteiger charge is 2.17. The van der Waals surface area contributed by atoms with E-state index >= 15 is 0 Å². The van der Waals surface area contributed by atoms with Gasteiger partial charge in [0.25, 0.3) is 0 Å². The molecule has 0 saturated heterocycles. The number of hydrogen-bond acceptors (Lipinski definition) is 5. The second-order valence-electron chi connectivity index (χ2n) is 7.97. The number of carbonyl (C=O) groups is 1. The Morgan fingerprint density at radius 2 is 1.64 bits per heavy atom. The maximum atomic E-state index is 12.6. The summed E-state index contributed by atoms with van der Waals surface area (Å²) in [5.74, 6) is 0. The largest absolute Gasteiger partial charge is 0.441 e. The van der Waals surface area contributed by atoms with Crippen LogP contribution >= 0.6 is 0 Å². The molecule has 8 heteroatoms. The SMILES string of the molecule is CCN(CC)c1ccc(NC(=O)OC(C)c2ccc(NS(C)(=O)=O)c3ccccc23)c(C)c1. The highest BCUT2D eigenvalue weighted by molar-refractivity contribution is 7.92. The van der Waals surface area contributed by atoms with E-state index in [1.54, 1.807) is 19.1 Å². The van der Waals surface area contributed by atoms with Crippen LogP contribution in [-0.4, -0.2) is 33.9 Å². The molecule has 7 nitrogen and oxygen atoms in total. The summed E-state index contributed by atoms with van der Waals surface area (Å²) in [6, 6.07) is 16.8. The standard InChI is InChI=1S/C25H31N3O4S/c1-6-28(7-2)19-12-14-23(17(3)16-19)26-25(29)32-18(4)20-13-15-24(27-33(5,30)31)22-11-9-8-10-21(20)22/h8-16,18,27H,6-7H2,1-5H3,(H,26,29). The minimum absolute atomic E-state index is 0.484. The van der Waals surface area contributed by atoms with Crippen molar-refractivity contribution < 1.29 is 17.9 Å². The predicted molar refractivity (Wildman–Crippen MR) is 136 cm³/mol. The number of carbonyl (C=O) groups excluding carboxylic acids is 1. The summed E-state index contributed by atoms with van der Waals surface area (Å²) in [5.41, 5.74) is 4.02. The molecule has 0 saturated carbocycles. The Labute approximate surface area is 195 Å². The van der Waals surface area contributed by atoms with E-state index in [0.717, 1.165) is 46.9 Å². The molecule has 0 heterocycles. The van der Waals surface area contributed by atoms with Crippen LogP contribution in [0, 0.1) is 6.92 Å². The van der Waals surface area contributed by atoms with Gasteiger partial charge in [0.2, 0.25) is 10.0 Å². The summed E-state index contributed by atoms with van der Waals surface area (Å²) in [7, 11) is -3.42. The maximum absolute atomic E-state index is 12.6. The van der Waals surface area contributed by atoms with Gasteiger partial charge >= 0.3 is 6.09 Å². The number of amides is 1. The van der Waals surface area contributed by atoms with Gasteiger partial charge in [-0.15, -0.1) is 0 Å². The van der Waals surface area contributed by atoms with Crippen molar-refractivity contribution in [1.29, 1.82) is 0 Å². The van der Waals surface area contributed by atoms with Crippen LogP contribution in [0.25, 0.3) is 10.8 Å². The fourth-order valence-electron chi connectivity index (χ4n) is 3.90. The second-order valence-corrected chi connectivity index (χ2v) is 9.71. The molecule has 0 aliphatic rings. The van der Waals surface area contributed by atoms with Gasteiger partial charge in [0.1, 0.15) is 6.10 Å². The minimum Gasteiger partial charge on any atom is -0.441 e. The lowest BCUT2D eigenvalue weighted by atomic mass is 10.00. The van der Waals surface area contributed by atoms with Gasteiger partial charge in [-0.25, -0.2) is 13.2 Å². The number of anilines is 3. The lowest BCUT2D eigenvalue weighted by molar-refractivity contribution is 0.122. The Bertz CT molecular complexity index is 1250. The average Bonchev–Trinajstić information content (AvgIpc) is 2.75. The summed E-state index contributed by atoms with van der Waals surface area (Å²) in [4.78, 5) is 14.9. The molecule has 1 unspecified atom stereocenters. The third kappa shape index (κ3) is 5.96. The van der Waals surface area contributed by atoms with E-state index in [2.05, 4.69) is 28.8 Å². The van der Waals surface area contributed by atoms with Crippen molar-refractivity contribution in [2.75, 3.05) is 34.3 Å². The zero-order chi connectivity index (χ0) is 24.2. The molecule has 0 aliphatic heterocycles. The molecule has 3 rings (SSSR count). The molecule has 0 fully saturated rings. The number of sulfonamides is 1. The number of hydrogen-bond donors (Lipinski definition) is 2. The normalized spacial score (nSPS) is 12.3. The Morgan fingerprint density at radius 1 is 1.00 bits per heavy atom. The first-order valence-corrected chi connectivity index (χ1v) is 12.8. The third-order valence-electron chi connectivity index (χ3n) is 5.55. The molecular weight excluding hydrogens is 438 g/mol. The molecule has 0 radical (unpaired) electrons. The molecule has 0 aromatic heterocycles. The molecule has 2 N–H and O–H groups in total. The highest BCUT2D eigenvalue weighted by Crippen LogP contribution is 2.32. The molecule has 3 aromatic carbocycles. The zero-order valence-electron chi connectivity index (χ0n) is 19.7. The van der Waals surface area contributed by atoms with Crippen LogP contribution in [0.5, 0.6) is 0 Å². The summed E-state index contributed by atoms with van der Waals surface area (Å²) in [5, 5.41) is 4.38. The topological polar surface area (TPSA) is 87.7 Å². The van der Waals surface area contributed by atoms with Crippen LogP contribution in [0.1, 0.15) is 38.0 Å².